The van der Waals surface area contributed by atoms with Gasteiger partial charge in [0.05, 0.1) is 0 Å². The molecular formula is C15H27N3. The molecule has 0 amide bonds. The van der Waals surface area contributed by atoms with E-state index in [-0.39, 0.29) is 0 Å². The Balaban J connectivity index is 2.03. The first-order valence-electron chi connectivity index (χ1n) is 7.06. The lowest BCUT2D eigenvalue weighted by atomic mass is 10.1. The molecule has 3 nitrogen and oxygen atoms in total. The van der Waals surface area contributed by atoms with Crippen LogP contribution in [-0.4, -0.2) is 26.2 Å². The molecule has 18 heavy (non-hydrogen) atoms. The van der Waals surface area contributed by atoms with Crippen LogP contribution in [0.4, 0.5) is 0 Å². The minimum Gasteiger partial charge on any atom is -0.330 e. The van der Waals surface area contributed by atoms with Crippen molar-refractivity contribution < 1.29 is 0 Å². The monoisotopic (exact) mass is 249 g/mol. The predicted molar refractivity (Wildman–Crippen MR) is 78.7 cm³/mol. The second-order valence-corrected chi connectivity index (χ2v) is 4.60. The molecule has 1 rings (SSSR count). The number of nitrogens with one attached hydrogen (secondary N) is 2. The number of rotatable bonds is 10. The second kappa shape index (κ2) is 10.1. The molecule has 0 saturated carbocycles. The number of hydrogen-bond donors (Lipinski definition) is 3. The Morgan fingerprint density at radius 3 is 2.50 bits per heavy atom. The van der Waals surface area contributed by atoms with Crippen molar-refractivity contribution in [3.8, 4) is 0 Å². The molecule has 0 unspecified atom stereocenters. The Bertz CT molecular complexity index is 312. The Labute approximate surface area is 111 Å². The van der Waals surface area contributed by atoms with E-state index in [9.17, 15) is 0 Å². The lowest BCUT2D eigenvalue weighted by Gasteiger charge is -2.07. The van der Waals surface area contributed by atoms with Gasteiger partial charge in [0.2, 0.25) is 0 Å². The van der Waals surface area contributed by atoms with Gasteiger partial charge in [0.1, 0.15) is 0 Å². The van der Waals surface area contributed by atoms with Crippen molar-refractivity contribution in [2.24, 2.45) is 5.73 Å². The molecule has 1 aromatic carbocycles. The molecular weight excluding hydrogens is 222 g/mol. The van der Waals surface area contributed by atoms with Gasteiger partial charge in [-0.1, -0.05) is 31.2 Å². The largest absolute Gasteiger partial charge is 0.330 e. The molecule has 102 valence electrons. The van der Waals surface area contributed by atoms with Crippen LogP contribution in [0.25, 0.3) is 0 Å². The quantitative estimate of drug-likeness (QED) is 0.553. The van der Waals surface area contributed by atoms with Crippen molar-refractivity contribution in [1.82, 2.24) is 10.6 Å². The van der Waals surface area contributed by atoms with Gasteiger partial charge in [-0.05, 0) is 56.6 Å². The maximum atomic E-state index is 5.43. The first kappa shape index (κ1) is 15.2. The highest BCUT2D eigenvalue weighted by atomic mass is 14.9. The summed E-state index contributed by atoms with van der Waals surface area (Å²) >= 11 is 0. The van der Waals surface area contributed by atoms with Crippen molar-refractivity contribution in [3.63, 3.8) is 0 Å². The summed E-state index contributed by atoms with van der Waals surface area (Å²) in [5, 5.41) is 6.86. The highest BCUT2D eigenvalue weighted by molar-refractivity contribution is 5.23. The van der Waals surface area contributed by atoms with Crippen LogP contribution in [0.2, 0.25) is 0 Å². The summed E-state index contributed by atoms with van der Waals surface area (Å²) in [6.45, 7) is 7.11. The lowest BCUT2D eigenvalue weighted by molar-refractivity contribution is 0.586. The Kier molecular flexibility index (Phi) is 8.47. The third-order valence-corrected chi connectivity index (χ3v) is 2.99. The number of aryl methyl sites for hydroxylation is 1. The van der Waals surface area contributed by atoms with Gasteiger partial charge < -0.3 is 16.4 Å². The van der Waals surface area contributed by atoms with E-state index in [1.165, 1.54) is 11.1 Å². The fraction of sp³-hybridized carbons (Fsp3) is 0.600. The smallest absolute Gasteiger partial charge is 0.0205 e. The van der Waals surface area contributed by atoms with Crippen LogP contribution >= 0.6 is 0 Å². The third kappa shape index (κ3) is 6.74. The first-order chi connectivity index (χ1) is 8.86. The maximum absolute atomic E-state index is 5.43. The topological polar surface area (TPSA) is 50.1 Å². The summed E-state index contributed by atoms with van der Waals surface area (Å²) in [6, 6.07) is 8.80. The zero-order valence-electron chi connectivity index (χ0n) is 11.5. The van der Waals surface area contributed by atoms with Gasteiger partial charge >= 0.3 is 0 Å². The molecule has 0 atom stereocenters. The zero-order valence-corrected chi connectivity index (χ0v) is 11.5. The molecule has 0 heterocycles. The van der Waals surface area contributed by atoms with Crippen molar-refractivity contribution in [2.45, 2.75) is 32.7 Å². The van der Waals surface area contributed by atoms with Gasteiger partial charge in [0.15, 0.2) is 0 Å². The van der Waals surface area contributed by atoms with E-state index in [1.54, 1.807) is 0 Å². The zero-order chi connectivity index (χ0) is 13.1. The van der Waals surface area contributed by atoms with Crippen LogP contribution in [0.3, 0.4) is 0 Å². The van der Waals surface area contributed by atoms with E-state index in [4.69, 9.17) is 5.73 Å². The molecule has 0 bridgehead atoms. The normalized spacial score (nSPS) is 10.8. The third-order valence-electron chi connectivity index (χ3n) is 2.99. The highest BCUT2D eigenvalue weighted by Crippen LogP contribution is 2.05. The molecule has 0 aromatic heterocycles. The van der Waals surface area contributed by atoms with Crippen LogP contribution in [0.1, 0.15) is 30.9 Å². The van der Waals surface area contributed by atoms with Crippen LogP contribution < -0.4 is 16.4 Å². The van der Waals surface area contributed by atoms with Crippen LogP contribution in [0.15, 0.2) is 24.3 Å². The highest BCUT2D eigenvalue weighted by Gasteiger charge is 1.94. The summed E-state index contributed by atoms with van der Waals surface area (Å²) in [6.07, 6.45) is 3.34. The van der Waals surface area contributed by atoms with Crippen LogP contribution in [-0.2, 0) is 13.0 Å². The summed E-state index contributed by atoms with van der Waals surface area (Å²) in [4.78, 5) is 0. The van der Waals surface area contributed by atoms with Crippen LogP contribution in [0.5, 0.6) is 0 Å². The summed E-state index contributed by atoms with van der Waals surface area (Å²) < 4.78 is 0. The molecule has 0 radical (unpaired) electrons. The van der Waals surface area contributed by atoms with Crippen LogP contribution in [0, 0.1) is 0 Å². The number of benzene rings is 1. The minimum atomic E-state index is 0.777. The van der Waals surface area contributed by atoms with Crippen molar-refractivity contribution in [1.29, 1.82) is 0 Å². The van der Waals surface area contributed by atoms with Crippen molar-refractivity contribution >= 4 is 0 Å². The van der Waals surface area contributed by atoms with Gasteiger partial charge in [0, 0.05) is 6.54 Å². The molecule has 3 heteroatoms. The molecule has 0 aliphatic rings. The Morgan fingerprint density at radius 1 is 1.00 bits per heavy atom. The average Bonchev–Trinajstić information content (AvgIpc) is 2.42. The molecule has 0 aliphatic heterocycles. The summed E-state index contributed by atoms with van der Waals surface area (Å²) in [5.74, 6) is 0. The lowest BCUT2D eigenvalue weighted by Crippen LogP contribution is -2.23. The van der Waals surface area contributed by atoms with Crippen molar-refractivity contribution in [2.75, 3.05) is 26.2 Å². The fourth-order valence-electron chi connectivity index (χ4n) is 1.88. The van der Waals surface area contributed by atoms with Gasteiger partial charge in [-0.15, -0.1) is 0 Å². The Morgan fingerprint density at radius 2 is 1.72 bits per heavy atom. The van der Waals surface area contributed by atoms with Gasteiger partial charge in [-0.3, -0.25) is 0 Å². The van der Waals surface area contributed by atoms with Crippen molar-refractivity contribution in [3.05, 3.63) is 35.4 Å². The summed E-state index contributed by atoms with van der Waals surface area (Å²) in [7, 11) is 0. The maximum Gasteiger partial charge on any atom is 0.0205 e. The molecule has 1 aromatic rings. The molecule has 4 N–H and O–H groups in total. The number of hydrogen-bond acceptors (Lipinski definition) is 3. The van der Waals surface area contributed by atoms with Gasteiger partial charge in [-0.2, -0.15) is 0 Å². The predicted octanol–water partition coefficient (Wildman–Crippen LogP) is 1.67. The van der Waals surface area contributed by atoms with E-state index in [0.29, 0.717) is 0 Å². The van der Waals surface area contributed by atoms with Gasteiger partial charge in [0.25, 0.3) is 0 Å². The summed E-state index contributed by atoms with van der Waals surface area (Å²) in [5.41, 5.74) is 8.22. The Hall–Kier alpha value is -0.900. The van der Waals surface area contributed by atoms with E-state index < -0.39 is 0 Å². The van der Waals surface area contributed by atoms with E-state index in [2.05, 4.69) is 41.8 Å². The average molecular weight is 249 g/mol. The standard InChI is InChI=1S/C15H27N3/c1-2-14-6-3-7-15(12-14)13-18-11-5-10-17-9-4-8-16/h3,6-7,12,17-18H,2,4-5,8-11,13,16H2,1H3. The molecule has 0 saturated heterocycles. The van der Waals surface area contributed by atoms with E-state index >= 15 is 0 Å². The SMILES string of the molecule is CCc1cccc(CNCCCNCCCN)c1. The second-order valence-electron chi connectivity index (χ2n) is 4.60. The first-order valence-corrected chi connectivity index (χ1v) is 7.06. The fourth-order valence-corrected chi connectivity index (χ4v) is 1.88. The number of nitrogens with two attached hydrogens (primary N) is 1. The molecule has 0 aliphatic carbocycles. The van der Waals surface area contributed by atoms with Gasteiger partial charge in [-0.25, -0.2) is 0 Å². The molecule has 0 fully saturated rings. The molecule has 0 spiro atoms. The van der Waals surface area contributed by atoms with E-state index in [0.717, 1.165) is 52.0 Å². The minimum absolute atomic E-state index is 0.777. The van der Waals surface area contributed by atoms with E-state index in [1.807, 2.05) is 0 Å².